The molecule has 1 aliphatic heterocycles. The summed E-state index contributed by atoms with van der Waals surface area (Å²) in [5.41, 5.74) is 1.60. The average Bonchev–Trinajstić information content (AvgIpc) is 2.69. The number of aliphatic hydroxyl groups excluding tert-OH is 3. The van der Waals surface area contributed by atoms with Crippen molar-refractivity contribution in [2.24, 2.45) is 0 Å². The molecule has 3 N–H and O–H groups in total. The lowest BCUT2D eigenvalue weighted by atomic mass is 10.1. The maximum absolute atomic E-state index is 10.6. The lowest BCUT2D eigenvalue weighted by molar-refractivity contribution is -0.272. The fourth-order valence-electron chi connectivity index (χ4n) is 4.61. The Balaban J connectivity index is 2.40. The number of rotatable bonds is 8. The Bertz CT molecular complexity index is 639. The average molecular weight is 425 g/mol. The van der Waals surface area contributed by atoms with Gasteiger partial charge in [0.2, 0.25) is 8.32 Å². The minimum Gasteiger partial charge on any atom is -0.512 e. The van der Waals surface area contributed by atoms with E-state index < -0.39 is 32.9 Å². The summed E-state index contributed by atoms with van der Waals surface area (Å²) < 4.78 is 18.4. The molecule has 0 bridgehead atoms. The summed E-state index contributed by atoms with van der Waals surface area (Å²) in [6.45, 7) is 12.9. The molecule has 1 aromatic carbocycles. The highest BCUT2D eigenvalue weighted by Gasteiger charge is 2.50. The van der Waals surface area contributed by atoms with Crippen LogP contribution < -0.4 is 0 Å². The van der Waals surface area contributed by atoms with Crippen molar-refractivity contribution in [1.82, 2.24) is 0 Å². The molecule has 6 nitrogen and oxygen atoms in total. The third-order valence-electron chi connectivity index (χ3n) is 5.91. The minimum absolute atomic E-state index is 0.0440. The van der Waals surface area contributed by atoms with Crippen LogP contribution in [-0.2, 0) is 13.9 Å². The predicted octanol–water partition coefficient (Wildman–Crippen LogP) is 4.98. The van der Waals surface area contributed by atoms with Crippen molar-refractivity contribution in [2.75, 3.05) is 6.61 Å². The molecule has 0 saturated carbocycles. The van der Waals surface area contributed by atoms with Crippen LogP contribution in [0.15, 0.2) is 42.4 Å². The first kappa shape index (κ1) is 23.9. The van der Waals surface area contributed by atoms with Gasteiger partial charge in [-0.3, -0.25) is 0 Å². The van der Waals surface area contributed by atoms with E-state index in [0.29, 0.717) is 6.26 Å². The molecular weight excluding hydrogens is 388 g/mol. The highest BCUT2D eigenvalue weighted by molar-refractivity contribution is 6.77. The predicted molar refractivity (Wildman–Crippen MR) is 115 cm³/mol. The normalized spacial score (nSPS) is 25.0. The van der Waals surface area contributed by atoms with Crippen LogP contribution in [0.3, 0.4) is 0 Å². The molecule has 1 fully saturated rings. The van der Waals surface area contributed by atoms with Gasteiger partial charge in [-0.1, -0.05) is 71.9 Å². The summed E-state index contributed by atoms with van der Waals surface area (Å²) >= 11 is 0. The molecule has 1 unspecified atom stereocenters. The van der Waals surface area contributed by atoms with Crippen molar-refractivity contribution in [3.05, 3.63) is 47.9 Å². The Morgan fingerprint density at radius 1 is 1.07 bits per heavy atom. The molecule has 0 amide bonds. The molecule has 29 heavy (non-hydrogen) atoms. The topological polar surface area (TPSA) is 88.4 Å². The van der Waals surface area contributed by atoms with E-state index in [1.165, 1.54) is 0 Å². The van der Waals surface area contributed by atoms with Crippen LogP contribution in [0.5, 0.6) is 0 Å². The number of hydrogen-bond donors (Lipinski definition) is 3. The van der Waals surface area contributed by atoms with Gasteiger partial charge in [-0.05, 0) is 16.6 Å². The van der Waals surface area contributed by atoms with Gasteiger partial charge in [0.25, 0.3) is 0 Å². The van der Waals surface area contributed by atoms with E-state index in [1.807, 2.05) is 30.3 Å². The molecule has 0 spiro atoms. The van der Waals surface area contributed by atoms with Gasteiger partial charge in [-0.2, -0.15) is 0 Å². The number of ether oxygens (including phenoxy) is 2. The van der Waals surface area contributed by atoms with E-state index in [2.05, 4.69) is 41.5 Å². The maximum Gasteiger partial charge on any atom is 0.201 e. The van der Waals surface area contributed by atoms with Crippen molar-refractivity contribution in [2.45, 2.75) is 82.8 Å². The van der Waals surface area contributed by atoms with Crippen molar-refractivity contribution in [1.29, 1.82) is 0 Å². The molecule has 0 aromatic heterocycles. The molecule has 1 aromatic rings. The zero-order valence-electron chi connectivity index (χ0n) is 18.3. The van der Waals surface area contributed by atoms with Crippen molar-refractivity contribution >= 4 is 8.32 Å². The van der Waals surface area contributed by atoms with Crippen molar-refractivity contribution < 1.29 is 29.2 Å². The molecule has 7 heteroatoms. The summed E-state index contributed by atoms with van der Waals surface area (Å²) in [7, 11) is -2.43. The SMILES string of the molecule is CC(C)[Si](O[C@H](/C(O)=C/O)[C@@H]1OC(c2ccccc2)OC[C@H]1O)(C(C)C)C(C)C. The van der Waals surface area contributed by atoms with Crippen molar-refractivity contribution in [3.8, 4) is 0 Å². The standard InChI is InChI=1S/C22H36O6Si/c1-14(2)29(15(3)4,16(5)6)28-21(18(24)12-23)20-19(25)13-26-22(27-20)17-10-8-7-9-11-17/h7-12,14-16,19-25H,13H2,1-6H3/b18-12-/t19-,20-,21-,22?/m1/s1. The molecule has 1 heterocycles. The monoisotopic (exact) mass is 424 g/mol. The number of benzene rings is 1. The van der Waals surface area contributed by atoms with Gasteiger partial charge in [0.1, 0.15) is 24.6 Å². The van der Waals surface area contributed by atoms with Crippen LogP contribution in [0.25, 0.3) is 0 Å². The third kappa shape index (κ3) is 5.03. The van der Waals surface area contributed by atoms with E-state index in [-0.39, 0.29) is 29.0 Å². The maximum atomic E-state index is 10.6. The molecule has 164 valence electrons. The lowest BCUT2D eigenvalue weighted by Crippen LogP contribution is -2.57. The molecule has 4 atom stereocenters. The van der Waals surface area contributed by atoms with Gasteiger partial charge in [-0.25, -0.2) is 0 Å². The second kappa shape index (κ2) is 10.1. The minimum atomic E-state index is -2.43. The Morgan fingerprint density at radius 3 is 2.10 bits per heavy atom. The quantitative estimate of drug-likeness (QED) is 0.403. The van der Waals surface area contributed by atoms with Crippen molar-refractivity contribution in [3.63, 3.8) is 0 Å². The van der Waals surface area contributed by atoms with E-state index in [1.54, 1.807) is 0 Å². The Morgan fingerprint density at radius 2 is 1.62 bits per heavy atom. The van der Waals surface area contributed by atoms with Crippen LogP contribution in [0.4, 0.5) is 0 Å². The van der Waals surface area contributed by atoms with Gasteiger partial charge in [0.05, 0.1) is 6.61 Å². The Kier molecular flexibility index (Phi) is 8.31. The second-order valence-corrected chi connectivity index (χ2v) is 14.1. The van der Waals surface area contributed by atoms with Crippen LogP contribution in [0.1, 0.15) is 53.4 Å². The largest absolute Gasteiger partial charge is 0.512 e. The molecule has 1 saturated heterocycles. The van der Waals surface area contributed by atoms with E-state index >= 15 is 0 Å². The number of hydrogen-bond acceptors (Lipinski definition) is 6. The first-order valence-electron chi connectivity index (χ1n) is 10.4. The van der Waals surface area contributed by atoms with E-state index in [4.69, 9.17) is 13.9 Å². The zero-order valence-corrected chi connectivity index (χ0v) is 19.3. The smallest absolute Gasteiger partial charge is 0.201 e. The fraction of sp³-hybridized carbons (Fsp3) is 0.636. The molecule has 1 aliphatic rings. The van der Waals surface area contributed by atoms with Crippen LogP contribution in [0, 0.1) is 0 Å². The number of aliphatic hydroxyl groups is 3. The Labute approximate surface area is 175 Å². The zero-order chi connectivity index (χ0) is 21.8. The second-order valence-electron chi connectivity index (χ2n) is 8.65. The van der Waals surface area contributed by atoms with Gasteiger partial charge < -0.3 is 29.2 Å². The van der Waals surface area contributed by atoms with Gasteiger partial charge in [0.15, 0.2) is 12.0 Å². The molecular formula is C22H36O6Si. The Hall–Kier alpha value is -1.38. The molecule has 2 rings (SSSR count). The first-order valence-corrected chi connectivity index (χ1v) is 12.5. The lowest BCUT2D eigenvalue weighted by Gasteiger charge is -2.47. The fourth-order valence-corrected chi connectivity index (χ4v) is 10.1. The summed E-state index contributed by atoms with van der Waals surface area (Å²) in [5.74, 6) is -0.346. The summed E-state index contributed by atoms with van der Waals surface area (Å²) in [5, 5.41) is 30.7. The summed E-state index contributed by atoms with van der Waals surface area (Å²) in [6.07, 6.45) is -2.91. The van der Waals surface area contributed by atoms with E-state index in [9.17, 15) is 15.3 Å². The summed E-state index contributed by atoms with van der Waals surface area (Å²) in [4.78, 5) is 0. The van der Waals surface area contributed by atoms with Gasteiger partial charge in [-0.15, -0.1) is 0 Å². The highest BCUT2D eigenvalue weighted by atomic mass is 28.4. The summed E-state index contributed by atoms with van der Waals surface area (Å²) in [6, 6.07) is 9.43. The van der Waals surface area contributed by atoms with Crippen LogP contribution in [-0.4, -0.2) is 48.6 Å². The molecule has 0 aliphatic carbocycles. The first-order chi connectivity index (χ1) is 13.6. The highest BCUT2D eigenvalue weighted by Crippen LogP contribution is 2.44. The van der Waals surface area contributed by atoms with Gasteiger partial charge >= 0.3 is 0 Å². The van der Waals surface area contributed by atoms with Crippen LogP contribution in [0.2, 0.25) is 16.6 Å². The van der Waals surface area contributed by atoms with Gasteiger partial charge in [0, 0.05) is 5.56 Å². The van der Waals surface area contributed by atoms with E-state index in [0.717, 1.165) is 5.56 Å². The molecule has 0 radical (unpaired) electrons. The third-order valence-corrected chi connectivity index (χ3v) is 12.0. The van der Waals surface area contributed by atoms with Crippen LogP contribution >= 0.6 is 0 Å².